The van der Waals surface area contributed by atoms with Gasteiger partial charge in [0.15, 0.2) is 5.78 Å². The van der Waals surface area contributed by atoms with Crippen molar-refractivity contribution in [1.82, 2.24) is 5.01 Å². The van der Waals surface area contributed by atoms with Crippen molar-refractivity contribution in [3.05, 3.63) is 71.3 Å². The fraction of sp³-hybridized carbons (Fsp3) is 0.211. The van der Waals surface area contributed by atoms with Crippen LogP contribution in [0, 0.1) is 17.2 Å². The Morgan fingerprint density at radius 2 is 1.87 bits per heavy atom. The molecular formula is C19H15N3O. The smallest absolute Gasteiger partial charge is 0.186 e. The zero-order valence-corrected chi connectivity index (χ0v) is 12.5. The third kappa shape index (κ3) is 2.13. The van der Waals surface area contributed by atoms with Crippen LogP contribution in [-0.2, 0) is 0 Å². The molecule has 2 aromatic rings. The van der Waals surface area contributed by atoms with Gasteiger partial charge in [-0.1, -0.05) is 54.6 Å². The summed E-state index contributed by atoms with van der Waals surface area (Å²) in [5.41, 5.74) is 2.78. The molecule has 0 N–H and O–H groups in total. The van der Waals surface area contributed by atoms with Crippen LogP contribution in [0.1, 0.15) is 33.9 Å². The fourth-order valence-electron chi connectivity index (χ4n) is 3.54. The van der Waals surface area contributed by atoms with Gasteiger partial charge in [-0.25, -0.2) is 0 Å². The number of ketones is 1. The molecular weight excluding hydrogens is 286 g/mol. The second-order valence-electron chi connectivity index (χ2n) is 5.92. The van der Waals surface area contributed by atoms with Crippen LogP contribution in [0.5, 0.6) is 0 Å². The van der Waals surface area contributed by atoms with Crippen LogP contribution in [0.4, 0.5) is 0 Å². The highest BCUT2D eigenvalue weighted by Gasteiger charge is 2.46. The van der Waals surface area contributed by atoms with Crippen LogP contribution >= 0.6 is 0 Å². The Kier molecular flexibility index (Phi) is 3.20. The minimum absolute atomic E-state index is 0.0323. The molecule has 0 amide bonds. The van der Waals surface area contributed by atoms with E-state index in [-0.39, 0.29) is 23.8 Å². The van der Waals surface area contributed by atoms with Crippen molar-refractivity contribution in [3.63, 3.8) is 0 Å². The van der Waals surface area contributed by atoms with Crippen molar-refractivity contribution in [2.45, 2.75) is 18.5 Å². The average molecular weight is 301 g/mol. The molecule has 4 rings (SSSR count). The monoisotopic (exact) mass is 301 g/mol. The van der Waals surface area contributed by atoms with Crippen molar-refractivity contribution in [2.24, 2.45) is 11.0 Å². The van der Waals surface area contributed by atoms with Crippen molar-refractivity contribution >= 4 is 12.0 Å². The number of Topliss-reactive ketones (excluding diaryl/α,β-unsaturated/α-hetero) is 1. The number of carbonyl (C=O) groups is 1. The zero-order chi connectivity index (χ0) is 15.8. The molecule has 23 heavy (non-hydrogen) atoms. The Morgan fingerprint density at radius 3 is 2.65 bits per heavy atom. The Hall–Kier alpha value is -2.93. The molecule has 0 bridgehead atoms. The first-order valence-corrected chi connectivity index (χ1v) is 7.69. The summed E-state index contributed by atoms with van der Waals surface area (Å²) in [4.78, 5) is 12.9. The Labute approximate surface area is 134 Å². The maximum Gasteiger partial charge on any atom is 0.186 e. The molecule has 0 spiro atoms. The molecule has 3 atom stereocenters. The highest BCUT2D eigenvalue weighted by molar-refractivity contribution is 6.00. The van der Waals surface area contributed by atoms with Gasteiger partial charge in [0.2, 0.25) is 0 Å². The predicted octanol–water partition coefficient (Wildman–Crippen LogP) is 3.17. The van der Waals surface area contributed by atoms with Crippen LogP contribution in [0.15, 0.2) is 59.7 Å². The molecule has 2 aliphatic rings. The van der Waals surface area contributed by atoms with Gasteiger partial charge in [-0.05, 0) is 17.5 Å². The molecule has 4 heteroatoms. The highest BCUT2D eigenvalue weighted by Crippen LogP contribution is 2.44. The lowest BCUT2D eigenvalue weighted by Gasteiger charge is -2.31. The summed E-state index contributed by atoms with van der Waals surface area (Å²) in [6.45, 7) is 0. The maximum atomic E-state index is 12.9. The minimum Gasteiger partial charge on any atom is -0.292 e. The first-order chi connectivity index (χ1) is 11.3. The number of hydrogen-bond acceptors (Lipinski definition) is 4. The number of carbonyl (C=O) groups excluding carboxylic acids is 1. The Bertz CT molecular complexity index is 822. The topological polar surface area (TPSA) is 56.5 Å². The Morgan fingerprint density at radius 1 is 1.13 bits per heavy atom. The second-order valence-corrected chi connectivity index (χ2v) is 5.92. The van der Waals surface area contributed by atoms with Gasteiger partial charge in [0, 0.05) is 5.56 Å². The van der Waals surface area contributed by atoms with E-state index in [1.807, 2.05) is 59.6 Å². The normalized spacial score (nSPS) is 24.7. The maximum absolute atomic E-state index is 12.9. The molecule has 0 radical (unpaired) electrons. The van der Waals surface area contributed by atoms with E-state index < -0.39 is 0 Å². The standard InChI is InChI=1S/C19H15N3O/c20-11-15-10-17(19(23)13-6-2-1-3-7-13)22-18(15)16-9-5-4-8-14(16)12-21-22/h1-9,12,15,17-18H,10H2/t15-,17+,18?/m0/s1. The first-order valence-electron chi connectivity index (χ1n) is 7.69. The molecule has 0 aliphatic carbocycles. The van der Waals surface area contributed by atoms with Crippen LogP contribution in [0.2, 0.25) is 0 Å². The molecule has 1 saturated heterocycles. The molecule has 0 aromatic heterocycles. The van der Waals surface area contributed by atoms with Crippen molar-refractivity contribution in [2.75, 3.05) is 0 Å². The lowest BCUT2D eigenvalue weighted by Crippen LogP contribution is -2.36. The van der Waals surface area contributed by atoms with E-state index in [2.05, 4.69) is 11.2 Å². The van der Waals surface area contributed by atoms with Gasteiger partial charge >= 0.3 is 0 Å². The summed E-state index contributed by atoms with van der Waals surface area (Å²) in [5.74, 6) is -0.198. The summed E-state index contributed by atoms with van der Waals surface area (Å²) in [6.07, 6.45) is 2.30. The van der Waals surface area contributed by atoms with Crippen LogP contribution in [0.25, 0.3) is 0 Å². The number of benzene rings is 2. The van der Waals surface area contributed by atoms with Gasteiger partial charge in [0.1, 0.15) is 6.04 Å². The number of hydrazone groups is 1. The van der Waals surface area contributed by atoms with E-state index >= 15 is 0 Å². The van der Waals surface area contributed by atoms with Gasteiger partial charge in [-0.2, -0.15) is 10.4 Å². The van der Waals surface area contributed by atoms with Crippen molar-refractivity contribution in [3.8, 4) is 6.07 Å². The molecule has 1 unspecified atom stereocenters. The molecule has 4 nitrogen and oxygen atoms in total. The van der Waals surface area contributed by atoms with Crippen LogP contribution < -0.4 is 0 Å². The summed E-state index contributed by atoms with van der Waals surface area (Å²) >= 11 is 0. The van der Waals surface area contributed by atoms with E-state index in [1.54, 1.807) is 6.21 Å². The molecule has 0 saturated carbocycles. The van der Waals surface area contributed by atoms with Crippen molar-refractivity contribution < 1.29 is 4.79 Å². The van der Waals surface area contributed by atoms with Crippen LogP contribution in [-0.4, -0.2) is 23.0 Å². The fourth-order valence-corrected chi connectivity index (χ4v) is 3.54. The summed E-state index contributed by atoms with van der Waals surface area (Å²) < 4.78 is 0. The lowest BCUT2D eigenvalue weighted by molar-refractivity contribution is 0.0834. The van der Waals surface area contributed by atoms with E-state index in [4.69, 9.17) is 0 Å². The first kappa shape index (κ1) is 13.7. The van der Waals surface area contributed by atoms with Crippen molar-refractivity contribution in [1.29, 1.82) is 5.26 Å². The van der Waals surface area contributed by atoms with Gasteiger partial charge in [0.05, 0.1) is 24.2 Å². The van der Waals surface area contributed by atoms with Gasteiger partial charge in [0.25, 0.3) is 0 Å². The summed E-state index contributed by atoms with van der Waals surface area (Å²) in [6, 6.07) is 19.0. The van der Waals surface area contributed by atoms with E-state index in [0.717, 1.165) is 11.1 Å². The number of hydrogen-bond donors (Lipinski definition) is 0. The quantitative estimate of drug-likeness (QED) is 0.801. The number of nitrogens with zero attached hydrogens (tertiary/aromatic N) is 3. The highest BCUT2D eigenvalue weighted by atomic mass is 16.1. The average Bonchev–Trinajstić information content (AvgIpc) is 3.01. The zero-order valence-electron chi connectivity index (χ0n) is 12.5. The molecule has 1 fully saturated rings. The van der Waals surface area contributed by atoms with E-state index in [1.165, 1.54) is 0 Å². The summed E-state index contributed by atoms with van der Waals surface area (Å²) in [5, 5.41) is 15.9. The summed E-state index contributed by atoms with van der Waals surface area (Å²) in [7, 11) is 0. The SMILES string of the molecule is N#C[C@@H]1C[C@H](C(=O)c2ccccc2)N2N=Cc3ccccc3C12. The third-order valence-electron chi connectivity index (χ3n) is 4.63. The van der Waals surface area contributed by atoms with Gasteiger partial charge < -0.3 is 0 Å². The van der Waals surface area contributed by atoms with E-state index in [0.29, 0.717) is 12.0 Å². The predicted molar refractivity (Wildman–Crippen MR) is 86.9 cm³/mol. The van der Waals surface area contributed by atoms with E-state index in [9.17, 15) is 10.1 Å². The number of rotatable bonds is 2. The lowest BCUT2D eigenvalue weighted by atomic mass is 9.91. The largest absolute Gasteiger partial charge is 0.292 e. The minimum atomic E-state index is -0.378. The molecule has 2 heterocycles. The third-order valence-corrected chi connectivity index (χ3v) is 4.63. The second kappa shape index (κ2) is 5.36. The molecule has 112 valence electrons. The Balaban J connectivity index is 1.74. The molecule has 2 aliphatic heterocycles. The van der Waals surface area contributed by atoms with Gasteiger partial charge in [-0.15, -0.1) is 0 Å². The molecule has 2 aromatic carbocycles. The number of fused-ring (bicyclic) bond motifs is 3. The van der Waals surface area contributed by atoms with Crippen LogP contribution in [0.3, 0.4) is 0 Å². The van der Waals surface area contributed by atoms with Gasteiger partial charge in [-0.3, -0.25) is 9.80 Å². The number of nitriles is 1.